The van der Waals surface area contributed by atoms with Crippen LogP contribution in [0.15, 0.2) is 36.3 Å². The lowest BCUT2D eigenvalue weighted by molar-refractivity contribution is -0.145. The van der Waals surface area contributed by atoms with E-state index in [1.54, 1.807) is 0 Å². The molecule has 0 spiro atoms. The number of hydrogen-bond donors (Lipinski definition) is 0. The largest absolute Gasteiger partial charge is 0.493 e. The number of carbonyl (C=O) groups is 1. The number of carbonyl (C=O) groups excluding carboxylic acids is 1. The van der Waals surface area contributed by atoms with Crippen molar-refractivity contribution in [2.75, 3.05) is 13.2 Å². The summed E-state index contributed by atoms with van der Waals surface area (Å²) in [6.45, 7) is 7.55. The molecule has 0 unspecified atom stereocenters. The summed E-state index contributed by atoms with van der Waals surface area (Å²) in [6, 6.07) is 8.06. The molecule has 108 valence electrons. The molecule has 0 saturated heterocycles. The molecule has 0 aliphatic carbocycles. The third kappa shape index (κ3) is 3.76. The van der Waals surface area contributed by atoms with Crippen molar-refractivity contribution in [1.29, 1.82) is 0 Å². The SMILES string of the molecule is CC(C)(C)c1ccc(COC(=O)C2=COCCO2)cc1. The molecule has 0 fully saturated rings. The maximum Gasteiger partial charge on any atom is 0.377 e. The van der Waals surface area contributed by atoms with Gasteiger partial charge in [0.2, 0.25) is 5.76 Å². The molecule has 1 aromatic carbocycles. The fraction of sp³-hybridized carbons (Fsp3) is 0.438. The lowest BCUT2D eigenvalue weighted by atomic mass is 9.87. The number of ether oxygens (including phenoxy) is 3. The van der Waals surface area contributed by atoms with E-state index in [1.807, 2.05) is 12.1 Å². The molecule has 4 nitrogen and oxygen atoms in total. The maximum absolute atomic E-state index is 11.7. The molecule has 0 atom stereocenters. The molecule has 0 bridgehead atoms. The Kier molecular flexibility index (Phi) is 4.32. The smallest absolute Gasteiger partial charge is 0.377 e. The second-order valence-electron chi connectivity index (χ2n) is 5.72. The summed E-state index contributed by atoms with van der Waals surface area (Å²) in [6.07, 6.45) is 1.30. The monoisotopic (exact) mass is 276 g/mol. The first kappa shape index (κ1) is 14.4. The van der Waals surface area contributed by atoms with Gasteiger partial charge in [-0.3, -0.25) is 0 Å². The summed E-state index contributed by atoms with van der Waals surface area (Å²) in [5.41, 5.74) is 2.32. The Morgan fingerprint density at radius 1 is 1.20 bits per heavy atom. The average Bonchev–Trinajstić information content (AvgIpc) is 2.45. The van der Waals surface area contributed by atoms with Gasteiger partial charge in [-0.25, -0.2) is 4.79 Å². The highest BCUT2D eigenvalue weighted by Gasteiger charge is 2.17. The van der Waals surface area contributed by atoms with E-state index in [0.717, 1.165) is 5.56 Å². The summed E-state index contributed by atoms with van der Waals surface area (Å²) in [5.74, 6) is -0.368. The van der Waals surface area contributed by atoms with Crippen molar-refractivity contribution in [2.45, 2.75) is 32.8 Å². The van der Waals surface area contributed by atoms with E-state index in [0.29, 0.717) is 13.2 Å². The molecule has 1 heterocycles. The molecule has 2 rings (SSSR count). The molecule has 20 heavy (non-hydrogen) atoms. The summed E-state index contributed by atoms with van der Waals surface area (Å²) < 4.78 is 15.4. The zero-order valence-electron chi connectivity index (χ0n) is 12.1. The van der Waals surface area contributed by atoms with Gasteiger partial charge in [-0.05, 0) is 16.5 Å². The Morgan fingerprint density at radius 3 is 2.45 bits per heavy atom. The molecular weight excluding hydrogens is 256 g/mol. The van der Waals surface area contributed by atoms with Crippen LogP contribution in [0.5, 0.6) is 0 Å². The molecule has 4 heteroatoms. The quantitative estimate of drug-likeness (QED) is 0.796. The maximum atomic E-state index is 11.7. The van der Waals surface area contributed by atoms with Crippen LogP contribution in [-0.4, -0.2) is 19.2 Å². The van der Waals surface area contributed by atoms with Crippen molar-refractivity contribution in [3.8, 4) is 0 Å². The Hall–Kier alpha value is -1.97. The topological polar surface area (TPSA) is 44.8 Å². The second kappa shape index (κ2) is 5.99. The molecule has 1 aliphatic heterocycles. The highest BCUT2D eigenvalue weighted by molar-refractivity contribution is 5.86. The summed E-state index contributed by atoms with van der Waals surface area (Å²) in [7, 11) is 0. The van der Waals surface area contributed by atoms with Crippen LogP contribution in [0.3, 0.4) is 0 Å². The second-order valence-corrected chi connectivity index (χ2v) is 5.72. The molecule has 1 aliphatic rings. The van der Waals surface area contributed by atoms with Gasteiger partial charge >= 0.3 is 5.97 Å². The van der Waals surface area contributed by atoms with Gasteiger partial charge in [0.15, 0.2) is 0 Å². The van der Waals surface area contributed by atoms with E-state index >= 15 is 0 Å². The minimum absolute atomic E-state index is 0.118. The first-order valence-corrected chi connectivity index (χ1v) is 6.68. The van der Waals surface area contributed by atoms with Gasteiger partial charge in [0.05, 0.1) is 0 Å². The minimum atomic E-state index is -0.496. The molecule has 0 aromatic heterocycles. The first-order chi connectivity index (χ1) is 9.47. The van der Waals surface area contributed by atoms with Crippen molar-refractivity contribution in [1.82, 2.24) is 0 Å². The van der Waals surface area contributed by atoms with Gasteiger partial charge in [-0.15, -0.1) is 0 Å². The standard InChI is InChI=1S/C16H20O4/c1-16(2,3)13-6-4-12(5-7-13)10-20-15(17)14-11-18-8-9-19-14/h4-7,11H,8-10H2,1-3H3. The van der Waals surface area contributed by atoms with Gasteiger partial charge in [0.1, 0.15) is 26.1 Å². The van der Waals surface area contributed by atoms with Crippen molar-refractivity contribution >= 4 is 5.97 Å². The third-order valence-electron chi connectivity index (χ3n) is 3.04. The van der Waals surface area contributed by atoms with Crippen molar-refractivity contribution < 1.29 is 19.0 Å². The van der Waals surface area contributed by atoms with Gasteiger partial charge in [0, 0.05) is 0 Å². The predicted octanol–water partition coefficient (Wildman–Crippen LogP) is 2.92. The summed E-state index contributed by atoms with van der Waals surface area (Å²) in [4.78, 5) is 11.7. The van der Waals surface area contributed by atoms with Crippen LogP contribution in [0, 0.1) is 0 Å². The fourth-order valence-corrected chi connectivity index (χ4v) is 1.80. The number of rotatable bonds is 3. The van der Waals surface area contributed by atoms with Crippen molar-refractivity contribution in [3.05, 3.63) is 47.4 Å². The predicted molar refractivity (Wildman–Crippen MR) is 74.9 cm³/mol. The summed E-state index contributed by atoms with van der Waals surface area (Å²) >= 11 is 0. The highest BCUT2D eigenvalue weighted by Crippen LogP contribution is 2.22. The van der Waals surface area contributed by atoms with E-state index in [-0.39, 0.29) is 17.8 Å². The van der Waals surface area contributed by atoms with Gasteiger partial charge in [-0.1, -0.05) is 45.0 Å². The van der Waals surface area contributed by atoms with Crippen LogP contribution < -0.4 is 0 Å². The number of benzene rings is 1. The van der Waals surface area contributed by atoms with E-state index in [4.69, 9.17) is 14.2 Å². The van der Waals surface area contributed by atoms with Crippen LogP contribution in [0.2, 0.25) is 0 Å². The van der Waals surface area contributed by atoms with Crippen molar-refractivity contribution in [3.63, 3.8) is 0 Å². The van der Waals surface area contributed by atoms with E-state index in [9.17, 15) is 4.79 Å². The lowest BCUT2D eigenvalue weighted by Crippen LogP contribution is -2.17. The number of hydrogen-bond acceptors (Lipinski definition) is 4. The average molecular weight is 276 g/mol. The molecule has 0 saturated carbocycles. The Bertz CT molecular complexity index is 494. The van der Waals surface area contributed by atoms with E-state index in [2.05, 4.69) is 32.9 Å². The molecule has 0 radical (unpaired) electrons. The minimum Gasteiger partial charge on any atom is -0.493 e. The van der Waals surface area contributed by atoms with Crippen LogP contribution in [0.1, 0.15) is 31.9 Å². The van der Waals surface area contributed by atoms with Crippen LogP contribution in [0.25, 0.3) is 0 Å². The van der Waals surface area contributed by atoms with Gasteiger partial charge in [0.25, 0.3) is 0 Å². The molecule has 0 N–H and O–H groups in total. The van der Waals surface area contributed by atoms with Crippen molar-refractivity contribution in [2.24, 2.45) is 0 Å². The van der Waals surface area contributed by atoms with Crippen LogP contribution >= 0.6 is 0 Å². The molecular formula is C16H20O4. The van der Waals surface area contributed by atoms with Crippen LogP contribution in [-0.2, 0) is 31.0 Å². The zero-order chi connectivity index (χ0) is 14.6. The fourth-order valence-electron chi connectivity index (χ4n) is 1.80. The first-order valence-electron chi connectivity index (χ1n) is 6.68. The Labute approximate surface area is 119 Å². The summed E-state index contributed by atoms with van der Waals surface area (Å²) in [5, 5.41) is 0. The van der Waals surface area contributed by atoms with Crippen LogP contribution in [0.4, 0.5) is 0 Å². The van der Waals surface area contributed by atoms with Gasteiger partial charge in [-0.2, -0.15) is 0 Å². The highest BCUT2D eigenvalue weighted by atomic mass is 16.6. The lowest BCUT2D eigenvalue weighted by Gasteiger charge is -2.19. The van der Waals surface area contributed by atoms with Gasteiger partial charge < -0.3 is 14.2 Å². The zero-order valence-corrected chi connectivity index (χ0v) is 12.1. The molecule has 1 aromatic rings. The third-order valence-corrected chi connectivity index (χ3v) is 3.04. The Balaban J connectivity index is 1.91. The molecule has 0 amide bonds. The van der Waals surface area contributed by atoms with E-state index in [1.165, 1.54) is 11.8 Å². The Morgan fingerprint density at radius 2 is 1.90 bits per heavy atom. The normalized spacial score (nSPS) is 14.8. The van der Waals surface area contributed by atoms with E-state index < -0.39 is 5.97 Å². The number of esters is 1.